The van der Waals surface area contributed by atoms with Crippen LogP contribution < -0.4 is 4.90 Å². The Bertz CT molecular complexity index is 1200. The molecule has 0 N–H and O–H groups in total. The number of para-hydroxylation sites is 1. The number of hydrogen-bond acceptors (Lipinski definition) is 4. The normalized spacial score (nSPS) is 15.2. The summed E-state index contributed by atoms with van der Waals surface area (Å²) in [6.45, 7) is 7.28. The molecule has 7 nitrogen and oxygen atoms in total. The Hall–Kier alpha value is -3.55. The van der Waals surface area contributed by atoms with Crippen LogP contribution >= 0.6 is 0 Å². The first-order chi connectivity index (χ1) is 17.4. The number of carbonyl (C=O) groups is 2. The Morgan fingerprint density at radius 1 is 0.917 bits per heavy atom. The molecule has 36 heavy (non-hydrogen) atoms. The number of anilines is 1. The summed E-state index contributed by atoms with van der Waals surface area (Å²) in [5, 5.41) is 8.38. The van der Waals surface area contributed by atoms with E-state index < -0.39 is 0 Å². The molecule has 0 saturated heterocycles. The van der Waals surface area contributed by atoms with Gasteiger partial charge < -0.3 is 9.80 Å². The second-order valence-corrected chi connectivity index (χ2v) is 9.68. The van der Waals surface area contributed by atoms with Crippen molar-refractivity contribution in [1.29, 1.82) is 0 Å². The molecule has 0 unspecified atom stereocenters. The Balaban J connectivity index is 1.67. The molecule has 0 aliphatic carbocycles. The van der Waals surface area contributed by atoms with E-state index in [-0.39, 0.29) is 29.2 Å². The summed E-state index contributed by atoms with van der Waals surface area (Å²) in [6, 6.07) is 13.8. The third-order valence-electron chi connectivity index (χ3n) is 6.67. The van der Waals surface area contributed by atoms with Crippen molar-refractivity contribution in [3.63, 3.8) is 0 Å². The van der Waals surface area contributed by atoms with Gasteiger partial charge in [0.2, 0.25) is 5.91 Å². The molecular weight excluding hydrogens is 457 g/mol. The van der Waals surface area contributed by atoms with Gasteiger partial charge in [0.15, 0.2) is 5.69 Å². The highest BCUT2D eigenvalue weighted by Gasteiger charge is 2.26. The molecule has 1 aliphatic rings. The van der Waals surface area contributed by atoms with Crippen molar-refractivity contribution in [3.8, 4) is 5.69 Å². The molecule has 3 aromatic rings. The van der Waals surface area contributed by atoms with Crippen molar-refractivity contribution in [3.05, 3.63) is 71.3 Å². The van der Waals surface area contributed by atoms with Crippen LogP contribution in [0.15, 0.2) is 48.5 Å². The Labute approximate surface area is 211 Å². The van der Waals surface area contributed by atoms with E-state index in [1.165, 1.54) is 12.1 Å². The molecule has 2 heterocycles. The summed E-state index contributed by atoms with van der Waals surface area (Å²) in [5.74, 6) is -0.561. The molecule has 1 aromatic heterocycles. The van der Waals surface area contributed by atoms with E-state index in [9.17, 15) is 14.0 Å². The lowest BCUT2D eigenvalue weighted by atomic mass is 10.0. The third kappa shape index (κ3) is 5.64. The zero-order valence-electron chi connectivity index (χ0n) is 21.3. The van der Waals surface area contributed by atoms with E-state index in [4.69, 9.17) is 0 Å². The highest BCUT2D eigenvalue weighted by molar-refractivity contribution is 5.96. The lowest BCUT2D eigenvalue weighted by Crippen LogP contribution is -2.37. The largest absolute Gasteiger partial charge is 0.333 e. The minimum absolute atomic E-state index is 0.0930. The van der Waals surface area contributed by atoms with Gasteiger partial charge >= 0.3 is 0 Å². The second kappa shape index (κ2) is 11.5. The van der Waals surface area contributed by atoms with Crippen LogP contribution in [0.1, 0.15) is 67.7 Å². The van der Waals surface area contributed by atoms with Crippen molar-refractivity contribution >= 4 is 17.5 Å². The van der Waals surface area contributed by atoms with E-state index in [1.54, 1.807) is 23.7 Å². The first kappa shape index (κ1) is 25.5. The molecule has 0 spiro atoms. The number of benzene rings is 2. The van der Waals surface area contributed by atoms with Crippen LogP contribution in [0.3, 0.4) is 0 Å². The van der Waals surface area contributed by atoms with Crippen molar-refractivity contribution in [1.82, 2.24) is 19.9 Å². The van der Waals surface area contributed by atoms with Gasteiger partial charge in [-0.2, -0.15) is 0 Å². The van der Waals surface area contributed by atoms with Crippen LogP contribution in [0.25, 0.3) is 5.69 Å². The maximum atomic E-state index is 13.7. The molecule has 2 amide bonds. The molecule has 0 atom stereocenters. The SMILES string of the molecule is Cc1c(C(=O)N2CCCCCCCN(C(=O)C(C)C)c3ccccc3C2)nnn1-c1ccc(F)cc1. The van der Waals surface area contributed by atoms with E-state index in [0.29, 0.717) is 31.0 Å². The molecule has 1 aliphatic heterocycles. The molecule has 8 heteroatoms. The van der Waals surface area contributed by atoms with Gasteiger partial charge in [-0.1, -0.05) is 56.5 Å². The quantitative estimate of drug-likeness (QED) is 0.498. The molecule has 2 aromatic carbocycles. The zero-order chi connectivity index (χ0) is 25.7. The minimum atomic E-state index is -0.337. The second-order valence-electron chi connectivity index (χ2n) is 9.68. The number of carbonyl (C=O) groups excluding carboxylic acids is 2. The van der Waals surface area contributed by atoms with Crippen LogP contribution in [0.4, 0.5) is 10.1 Å². The summed E-state index contributed by atoms with van der Waals surface area (Å²) >= 11 is 0. The van der Waals surface area contributed by atoms with E-state index in [1.807, 2.05) is 47.9 Å². The van der Waals surface area contributed by atoms with E-state index in [2.05, 4.69) is 10.3 Å². The maximum absolute atomic E-state index is 13.7. The molecule has 0 bridgehead atoms. The van der Waals surface area contributed by atoms with Crippen LogP contribution in [-0.2, 0) is 11.3 Å². The molecule has 190 valence electrons. The molecule has 0 fully saturated rings. The maximum Gasteiger partial charge on any atom is 0.276 e. The van der Waals surface area contributed by atoms with Gasteiger partial charge in [-0.25, -0.2) is 9.07 Å². The van der Waals surface area contributed by atoms with Crippen LogP contribution in [0, 0.1) is 18.7 Å². The topological polar surface area (TPSA) is 71.3 Å². The Morgan fingerprint density at radius 3 is 2.31 bits per heavy atom. The summed E-state index contributed by atoms with van der Waals surface area (Å²) in [7, 11) is 0. The van der Waals surface area contributed by atoms with Gasteiger partial charge in [0.1, 0.15) is 5.82 Å². The predicted octanol–water partition coefficient (Wildman–Crippen LogP) is 5.31. The standard InChI is InChI=1S/C28H34FN5O2/c1-20(2)27(35)33-18-10-6-4-5-9-17-32(19-22-11-7-8-12-25(22)33)28(36)26-21(3)34(31-30-26)24-15-13-23(29)14-16-24/h7-8,11-16,20H,4-6,9-10,17-19H2,1-3H3. The van der Waals surface area contributed by atoms with Crippen molar-refractivity contribution in [2.75, 3.05) is 18.0 Å². The Kier molecular flexibility index (Phi) is 8.13. The van der Waals surface area contributed by atoms with Crippen LogP contribution in [0.2, 0.25) is 0 Å². The number of nitrogens with zero attached hydrogens (tertiary/aromatic N) is 5. The highest BCUT2D eigenvalue weighted by atomic mass is 19.1. The van der Waals surface area contributed by atoms with Crippen molar-refractivity contribution in [2.24, 2.45) is 5.92 Å². The molecule has 0 radical (unpaired) electrons. The van der Waals surface area contributed by atoms with Gasteiger partial charge in [-0.15, -0.1) is 5.10 Å². The average Bonchev–Trinajstić information content (AvgIpc) is 3.25. The van der Waals surface area contributed by atoms with Gasteiger partial charge in [0, 0.05) is 31.2 Å². The first-order valence-electron chi connectivity index (χ1n) is 12.7. The number of aromatic nitrogens is 3. The molecule has 0 saturated carbocycles. The smallest absolute Gasteiger partial charge is 0.276 e. The monoisotopic (exact) mass is 491 g/mol. The van der Waals surface area contributed by atoms with Gasteiger partial charge in [-0.3, -0.25) is 9.59 Å². The first-order valence-corrected chi connectivity index (χ1v) is 12.7. The molecule has 4 rings (SSSR count). The number of hydrogen-bond donors (Lipinski definition) is 0. The zero-order valence-corrected chi connectivity index (χ0v) is 21.3. The Morgan fingerprint density at radius 2 is 1.58 bits per heavy atom. The predicted molar refractivity (Wildman–Crippen MR) is 138 cm³/mol. The van der Waals surface area contributed by atoms with Crippen molar-refractivity contribution < 1.29 is 14.0 Å². The lowest BCUT2D eigenvalue weighted by Gasteiger charge is -2.30. The van der Waals surface area contributed by atoms with Crippen LogP contribution in [0.5, 0.6) is 0 Å². The van der Waals surface area contributed by atoms with Gasteiger partial charge in [0.05, 0.1) is 11.4 Å². The fourth-order valence-electron chi connectivity index (χ4n) is 4.63. The van der Waals surface area contributed by atoms with Gasteiger partial charge in [-0.05, 0) is 55.7 Å². The third-order valence-corrected chi connectivity index (χ3v) is 6.67. The van der Waals surface area contributed by atoms with E-state index in [0.717, 1.165) is 43.4 Å². The number of fused-ring (bicyclic) bond motifs is 1. The van der Waals surface area contributed by atoms with Crippen molar-refractivity contribution in [2.45, 2.75) is 59.4 Å². The number of halogens is 1. The van der Waals surface area contributed by atoms with Gasteiger partial charge in [0.25, 0.3) is 5.91 Å². The molecular formula is C28H34FN5O2. The summed E-state index contributed by atoms with van der Waals surface area (Å²) in [5.41, 5.74) is 3.31. The highest BCUT2D eigenvalue weighted by Crippen LogP contribution is 2.26. The summed E-state index contributed by atoms with van der Waals surface area (Å²) in [4.78, 5) is 30.6. The fraction of sp³-hybridized carbons (Fsp3) is 0.429. The summed E-state index contributed by atoms with van der Waals surface area (Å²) < 4.78 is 14.9. The average molecular weight is 492 g/mol. The fourth-order valence-corrected chi connectivity index (χ4v) is 4.63. The van der Waals surface area contributed by atoms with Crippen LogP contribution in [-0.4, -0.2) is 44.8 Å². The number of amides is 2. The van der Waals surface area contributed by atoms with E-state index >= 15 is 0 Å². The lowest BCUT2D eigenvalue weighted by molar-refractivity contribution is -0.121. The summed E-state index contributed by atoms with van der Waals surface area (Å²) in [6.07, 6.45) is 4.98. The number of rotatable bonds is 3. The minimum Gasteiger partial charge on any atom is -0.333 e.